The summed E-state index contributed by atoms with van der Waals surface area (Å²) < 4.78 is 0. The van der Waals surface area contributed by atoms with Crippen LogP contribution in [0.3, 0.4) is 0 Å². The highest BCUT2D eigenvalue weighted by atomic mass is 16.7. The van der Waals surface area contributed by atoms with E-state index in [2.05, 4.69) is 5.48 Å². The molecule has 0 aromatic heterocycles. The Labute approximate surface area is 106 Å². The first-order valence-corrected chi connectivity index (χ1v) is 5.91. The van der Waals surface area contributed by atoms with Crippen LogP contribution in [0.4, 0.5) is 0 Å². The van der Waals surface area contributed by atoms with Gasteiger partial charge in [-0.1, -0.05) is 24.6 Å². The average molecular weight is 251 g/mol. The molecule has 0 aliphatic carbocycles. The molecule has 1 amide bonds. The molecule has 1 aromatic rings. The summed E-state index contributed by atoms with van der Waals surface area (Å²) >= 11 is 0. The topological polar surface area (TPSA) is 75.6 Å². The Kier molecular flexibility index (Phi) is 6.32. The first kappa shape index (κ1) is 14.0. The summed E-state index contributed by atoms with van der Waals surface area (Å²) in [4.78, 5) is 26.7. The van der Waals surface area contributed by atoms with Crippen LogP contribution in [0.5, 0.6) is 5.75 Å². The molecular formula is C13H17NO4. The lowest BCUT2D eigenvalue weighted by Gasteiger charge is -2.06. The van der Waals surface area contributed by atoms with Gasteiger partial charge in [-0.25, -0.2) is 0 Å². The number of carboxylic acid groups (broad SMARTS) is 1. The predicted octanol–water partition coefficient (Wildman–Crippen LogP) is 2.13. The third kappa shape index (κ3) is 6.52. The molecule has 5 heteroatoms. The Balaban J connectivity index is 2.06. The van der Waals surface area contributed by atoms with Gasteiger partial charge in [-0.15, -0.1) is 0 Å². The average Bonchev–Trinajstić information content (AvgIpc) is 2.37. The third-order valence-electron chi connectivity index (χ3n) is 2.32. The van der Waals surface area contributed by atoms with Crippen molar-refractivity contribution in [3.05, 3.63) is 30.3 Å². The van der Waals surface area contributed by atoms with E-state index < -0.39 is 5.97 Å². The molecule has 0 saturated heterocycles. The minimum absolute atomic E-state index is 0.155. The van der Waals surface area contributed by atoms with Crippen molar-refractivity contribution < 1.29 is 19.5 Å². The molecule has 0 radical (unpaired) electrons. The second-order valence-electron chi connectivity index (χ2n) is 3.89. The van der Waals surface area contributed by atoms with Gasteiger partial charge in [0.15, 0.2) is 5.75 Å². The maximum absolute atomic E-state index is 11.4. The first-order valence-electron chi connectivity index (χ1n) is 5.91. The van der Waals surface area contributed by atoms with Crippen molar-refractivity contribution in [2.24, 2.45) is 0 Å². The molecule has 0 saturated carbocycles. The lowest BCUT2D eigenvalue weighted by molar-refractivity contribution is -0.137. The number of rotatable bonds is 8. The van der Waals surface area contributed by atoms with Crippen LogP contribution in [0.25, 0.3) is 0 Å². The second-order valence-corrected chi connectivity index (χ2v) is 3.89. The molecule has 2 N–H and O–H groups in total. The Morgan fingerprint density at radius 3 is 2.39 bits per heavy atom. The lowest BCUT2D eigenvalue weighted by atomic mass is 10.1. The van der Waals surface area contributed by atoms with Crippen molar-refractivity contribution in [1.82, 2.24) is 5.48 Å². The highest BCUT2D eigenvalue weighted by molar-refractivity contribution is 5.74. The van der Waals surface area contributed by atoms with E-state index in [-0.39, 0.29) is 12.3 Å². The molecule has 0 heterocycles. The van der Waals surface area contributed by atoms with Gasteiger partial charge in [0.2, 0.25) is 0 Å². The van der Waals surface area contributed by atoms with E-state index in [9.17, 15) is 9.59 Å². The van der Waals surface area contributed by atoms with Gasteiger partial charge in [0, 0.05) is 12.8 Å². The van der Waals surface area contributed by atoms with E-state index in [4.69, 9.17) is 9.94 Å². The number of carboxylic acids is 1. The van der Waals surface area contributed by atoms with Gasteiger partial charge in [0.25, 0.3) is 5.91 Å². The summed E-state index contributed by atoms with van der Waals surface area (Å²) in [6.07, 6.45) is 2.49. The van der Waals surface area contributed by atoms with Gasteiger partial charge in [-0.2, -0.15) is 5.48 Å². The van der Waals surface area contributed by atoms with Gasteiger partial charge in [-0.3, -0.25) is 9.59 Å². The number of nitrogens with one attached hydrogen (secondary N) is 1. The number of hydroxylamine groups is 1. The van der Waals surface area contributed by atoms with Crippen molar-refractivity contribution in [3.8, 4) is 5.75 Å². The number of aliphatic carboxylic acids is 1. The van der Waals surface area contributed by atoms with Crippen LogP contribution >= 0.6 is 0 Å². The summed E-state index contributed by atoms with van der Waals surface area (Å²) in [5, 5.41) is 8.43. The van der Waals surface area contributed by atoms with E-state index in [0.717, 1.165) is 6.42 Å². The largest absolute Gasteiger partial charge is 0.481 e. The molecule has 98 valence electrons. The van der Waals surface area contributed by atoms with Crippen LogP contribution in [0, 0.1) is 0 Å². The fraction of sp³-hybridized carbons (Fsp3) is 0.385. The molecule has 0 aliphatic rings. The van der Waals surface area contributed by atoms with E-state index in [1.807, 2.05) is 18.2 Å². The maximum atomic E-state index is 11.4. The molecule has 1 rings (SSSR count). The number of hydrogen-bond acceptors (Lipinski definition) is 3. The number of amides is 1. The predicted molar refractivity (Wildman–Crippen MR) is 65.9 cm³/mol. The molecule has 0 unspecified atom stereocenters. The fourth-order valence-corrected chi connectivity index (χ4v) is 1.39. The SMILES string of the molecule is O=C(O)CCCCCC(=O)NOc1ccccc1. The van der Waals surface area contributed by atoms with Crippen molar-refractivity contribution >= 4 is 11.9 Å². The lowest BCUT2D eigenvalue weighted by Crippen LogP contribution is -2.26. The quantitative estimate of drug-likeness (QED) is 0.548. The highest BCUT2D eigenvalue weighted by Crippen LogP contribution is 2.07. The van der Waals surface area contributed by atoms with Crippen molar-refractivity contribution in [2.45, 2.75) is 32.1 Å². The van der Waals surface area contributed by atoms with Gasteiger partial charge in [0.1, 0.15) is 0 Å². The Bertz CT molecular complexity index is 378. The van der Waals surface area contributed by atoms with E-state index >= 15 is 0 Å². The summed E-state index contributed by atoms with van der Waals surface area (Å²) in [6.45, 7) is 0. The molecule has 0 aliphatic heterocycles. The molecule has 0 fully saturated rings. The number of unbranched alkanes of at least 4 members (excludes halogenated alkanes) is 2. The van der Waals surface area contributed by atoms with E-state index in [1.54, 1.807) is 12.1 Å². The molecule has 1 aromatic carbocycles. The first-order chi connectivity index (χ1) is 8.68. The van der Waals surface area contributed by atoms with Gasteiger partial charge < -0.3 is 9.94 Å². The summed E-state index contributed by atoms with van der Waals surface area (Å²) in [6, 6.07) is 8.97. The number of carbonyl (C=O) groups excluding carboxylic acids is 1. The molecule has 0 spiro atoms. The molecule has 0 bridgehead atoms. The minimum atomic E-state index is -0.799. The number of hydrogen-bond donors (Lipinski definition) is 2. The molecular weight excluding hydrogens is 234 g/mol. The van der Waals surface area contributed by atoms with Crippen molar-refractivity contribution in [3.63, 3.8) is 0 Å². The summed E-state index contributed by atoms with van der Waals surface area (Å²) in [5.41, 5.74) is 2.34. The number of carbonyl (C=O) groups is 2. The van der Waals surface area contributed by atoms with Gasteiger partial charge in [-0.05, 0) is 25.0 Å². The third-order valence-corrected chi connectivity index (χ3v) is 2.32. The minimum Gasteiger partial charge on any atom is -0.481 e. The normalized spacial score (nSPS) is 9.78. The zero-order chi connectivity index (χ0) is 13.2. The van der Waals surface area contributed by atoms with Crippen LogP contribution < -0.4 is 10.3 Å². The Morgan fingerprint density at radius 2 is 1.72 bits per heavy atom. The van der Waals surface area contributed by atoms with E-state index in [0.29, 0.717) is 25.0 Å². The van der Waals surface area contributed by atoms with Gasteiger partial charge >= 0.3 is 5.97 Å². The standard InChI is InChI=1S/C13H17NO4/c15-12(9-5-2-6-10-13(16)17)14-18-11-7-3-1-4-8-11/h1,3-4,7-8H,2,5-6,9-10H2,(H,14,15)(H,16,17). The monoisotopic (exact) mass is 251 g/mol. The summed E-state index contributed by atoms with van der Waals surface area (Å²) in [7, 11) is 0. The van der Waals surface area contributed by atoms with Crippen molar-refractivity contribution in [2.75, 3.05) is 0 Å². The Hall–Kier alpha value is -2.04. The van der Waals surface area contributed by atoms with Crippen LogP contribution in [-0.4, -0.2) is 17.0 Å². The van der Waals surface area contributed by atoms with E-state index in [1.165, 1.54) is 0 Å². The molecule has 18 heavy (non-hydrogen) atoms. The van der Waals surface area contributed by atoms with Crippen LogP contribution in [0.1, 0.15) is 32.1 Å². The Morgan fingerprint density at radius 1 is 1.06 bits per heavy atom. The van der Waals surface area contributed by atoms with Crippen molar-refractivity contribution in [1.29, 1.82) is 0 Å². The number of para-hydroxylation sites is 1. The molecule has 5 nitrogen and oxygen atoms in total. The summed E-state index contributed by atoms with van der Waals surface area (Å²) in [5.74, 6) is -0.419. The van der Waals surface area contributed by atoms with Crippen LogP contribution in [-0.2, 0) is 9.59 Å². The zero-order valence-electron chi connectivity index (χ0n) is 10.1. The fourth-order valence-electron chi connectivity index (χ4n) is 1.39. The highest BCUT2D eigenvalue weighted by Gasteiger charge is 2.02. The maximum Gasteiger partial charge on any atom is 0.303 e. The van der Waals surface area contributed by atoms with Gasteiger partial charge in [0.05, 0.1) is 0 Å². The van der Waals surface area contributed by atoms with Crippen LogP contribution in [0.15, 0.2) is 30.3 Å². The second kappa shape index (κ2) is 8.11. The zero-order valence-corrected chi connectivity index (χ0v) is 10.1. The smallest absolute Gasteiger partial charge is 0.303 e. The number of benzene rings is 1. The molecule has 0 atom stereocenters. The van der Waals surface area contributed by atoms with Crippen LogP contribution in [0.2, 0.25) is 0 Å².